The molecule has 2 saturated heterocycles. The fraction of sp³-hybridized carbons (Fsp3) is 0.448. The lowest BCUT2D eigenvalue weighted by molar-refractivity contribution is -0.339. The average Bonchev–Trinajstić information content (AvgIpc) is 3.38. The van der Waals surface area contributed by atoms with E-state index in [1.165, 1.54) is 27.4 Å². The minimum absolute atomic E-state index is 0.0393. The number of methoxy groups -OCH3 is 3. The fourth-order valence-electron chi connectivity index (χ4n) is 7.71. The van der Waals surface area contributed by atoms with Gasteiger partial charge in [0, 0.05) is 51.2 Å². The van der Waals surface area contributed by atoms with Crippen LogP contribution in [0.25, 0.3) is 6.08 Å². The van der Waals surface area contributed by atoms with Crippen molar-refractivity contribution in [2.24, 2.45) is 0 Å². The zero-order chi connectivity index (χ0) is 26.9. The van der Waals surface area contributed by atoms with E-state index in [1.807, 2.05) is 36.4 Å². The number of esters is 1. The smallest absolute Gasteiger partial charge is 0.331 e. The molecule has 4 aliphatic rings. The summed E-state index contributed by atoms with van der Waals surface area (Å²) >= 11 is 0. The first kappa shape index (κ1) is 24.9. The van der Waals surface area contributed by atoms with Crippen LogP contribution in [0.1, 0.15) is 42.1 Å². The first-order valence-electron chi connectivity index (χ1n) is 12.6. The maximum atomic E-state index is 13.5. The van der Waals surface area contributed by atoms with Crippen LogP contribution in [-0.4, -0.2) is 73.8 Å². The molecule has 3 fully saturated rings. The minimum atomic E-state index is -1.46. The number of carbonyl (C=O) groups excluding carboxylic acids is 2. The standard InChI is InChI=1S/C29H31NO8/c1-30-22(31)16-27-14-21(37-23(32)13-10-17-8-6-5-7-9-17)26(35-3)29(36-4)28(27,30)15-20(38-29)18-11-12-19(34-2)25(33)24(18)27/h5-13,20-21,26,33H,14-16H2,1-4H3/b13-10+/t20-,21-,26-,27+,28-,29-/m0/s1. The van der Waals surface area contributed by atoms with Crippen molar-refractivity contribution in [1.82, 2.24) is 4.90 Å². The highest BCUT2D eigenvalue weighted by Gasteiger charge is 2.85. The minimum Gasteiger partial charge on any atom is -0.504 e. The van der Waals surface area contributed by atoms with Crippen molar-refractivity contribution < 1.29 is 38.4 Å². The number of hydrogen-bond donors (Lipinski definition) is 1. The molecular weight excluding hydrogens is 490 g/mol. The Bertz CT molecular complexity index is 1330. The van der Waals surface area contributed by atoms with Crippen molar-refractivity contribution in [2.75, 3.05) is 28.4 Å². The Balaban J connectivity index is 1.50. The molecule has 1 amide bonds. The molecule has 0 radical (unpaired) electrons. The fourth-order valence-corrected chi connectivity index (χ4v) is 7.71. The Kier molecular flexibility index (Phi) is 5.61. The molecule has 2 aliphatic heterocycles. The number of hydrogen-bond acceptors (Lipinski definition) is 8. The Morgan fingerprint density at radius 1 is 1.13 bits per heavy atom. The van der Waals surface area contributed by atoms with Crippen LogP contribution in [0, 0.1) is 0 Å². The molecule has 6 atom stereocenters. The van der Waals surface area contributed by atoms with E-state index in [2.05, 4.69) is 0 Å². The van der Waals surface area contributed by atoms with Gasteiger partial charge in [-0.2, -0.15) is 0 Å². The molecule has 2 aliphatic carbocycles. The zero-order valence-electron chi connectivity index (χ0n) is 21.8. The van der Waals surface area contributed by atoms with E-state index in [1.54, 1.807) is 24.1 Å². The lowest BCUT2D eigenvalue weighted by Gasteiger charge is -2.61. The number of rotatable bonds is 6. The summed E-state index contributed by atoms with van der Waals surface area (Å²) in [5.74, 6) is -1.87. The van der Waals surface area contributed by atoms with Crippen LogP contribution in [-0.2, 0) is 34.0 Å². The van der Waals surface area contributed by atoms with Gasteiger partial charge in [-0.1, -0.05) is 36.4 Å². The molecule has 2 aromatic carbocycles. The molecule has 1 N–H and O–H groups in total. The van der Waals surface area contributed by atoms with Crippen LogP contribution >= 0.6 is 0 Å². The first-order valence-corrected chi connectivity index (χ1v) is 12.6. The normalized spacial score (nSPS) is 34.8. The summed E-state index contributed by atoms with van der Waals surface area (Å²) < 4.78 is 30.4. The van der Waals surface area contributed by atoms with Crippen molar-refractivity contribution >= 4 is 18.0 Å². The van der Waals surface area contributed by atoms with Gasteiger partial charge in [-0.3, -0.25) is 4.79 Å². The van der Waals surface area contributed by atoms with Crippen LogP contribution in [0.4, 0.5) is 0 Å². The van der Waals surface area contributed by atoms with Crippen molar-refractivity contribution in [1.29, 1.82) is 0 Å². The number of fused-ring (bicyclic) bond motifs is 3. The maximum Gasteiger partial charge on any atom is 0.331 e. The number of ether oxygens (including phenoxy) is 5. The number of phenols is 1. The van der Waals surface area contributed by atoms with Crippen molar-refractivity contribution in [3.63, 3.8) is 0 Å². The molecule has 2 heterocycles. The molecule has 2 aromatic rings. The van der Waals surface area contributed by atoms with Gasteiger partial charge in [0.05, 0.1) is 13.2 Å². The molecule has 2 bridgehead atoms. The highest BCUT2D eigenvalue weighted by molar-refractivity contribution is 5.88. The lowest BCUT2D eigenvalue weighted by Crippen LogP contribution is -2.78. The van der Waals surface area contributed by atoms with Gasteiger partial charge in [-0.05, 0) is 29.7 Å². The number of nitrogens with zero attached hydrogens (tertiary/aromatic N) is 1. The summed E-state index contributed by atoms with van der Waals surface area (Å²) in [5.41, 5.74) is 0.219. The maximum absolute atomic E-state index is 13.5. The van der Waals surface area contributed by atoms with Gasteiger partial charge in [0.25, 0.3) is 0 Å². The van der Waals surface area contributed by atoms with E-state index in [4.69, 9.17) is 23.7 Å². The second kappa shape index (κ2) is 8.56. The lowest BCUT2D eigenvalue weighted by atomic mass is 9.50. The molecule has 38 heavy (non-hydrogen) atoms. The second-order valence-corrected chi connectivity index (χ2v) is 10.4. The third-order valence-electron chi connectivity index (χ3n) is 9.08. The average molecular weight is 522 g/mol. The molecule has 9 nitrogen and oxygen atoms in total. The van der Waals surface area contributed by atoms with Crippen LogP contribution in [0.3, 0.4) is 0 Å². The third kappa shape index (κ3) is 2.92. The quantitative estimate of drug-likeness (QED) is 0.457. The molecule has 0 unspecified atom stereocenters. The number of likely N-dealkylation sites (tertiary alicyclic amines) is 1. The highest BCUT2D eigenvalue weighted by atomic mass is 16.7. The van der Waals surface area contributed by atoms with Gasteiger partial charge in [0.1, 0.15) is 11.6 Å². The molecule has 1 saturated carbocycles. The second-order valence-electron chi connectivity index (χ2n) is 10.4. The van der Waals surface area contributed by atoms with E-state index in [0.717, 1.165) is 11.1 Å². The van der Waals surface area contributed by atoms with Gasteiger partial charge in [-0.25, -0.2) is 4.79 Å². The van der Waals surface area contributed by atoms with E-state index in [0.29, 0.717) is 17.7 Å². The Morgan fingerprint density at radius 2 is 1.89 bits per heavy atom. The largest absolute Gasteiger partial charge is 0.504 e. The molecule has 1 spiro atoms. The van der Waals surface area contributed by atoms with Crippen molar-refractivity contribution in [2.45, 2.75) is 54.3 Å². The molecule has 0 aromatic heterocycles. The third-order valence-corrected chi connectivity index (χ3v) is 9.08. The van der Waals surface area contributed by atoms with Crippen LogP contribution in [0.2, 0.25) is 0 Å². The Hall–Kier alpha value is -3.40. The van der Waals surface area contributed by atoms with E-state index in [-0.39, 0.29) is 24.5 Å². The highest BCUT2D eigenvalue weighted by Crippen LogP contribution is 2.73. The van der Waals surface area contributed by atoms with Crippen molar-refractivity contribution in [3.8, 4) is 11.5 Å². The summed E-state index contributed by atoms with van der Waals surface area (Å²) in [6.07, 6.45) is 1.66. The molecule has 9 heteroatoms. The molecular formula is C29H31NO8. The van der Waals surface area contributed by atoms with E-state index in [9.17, 15) is 14.7 Å². The number of aromatic hydroxyl groups is 1. The topological polar surface area (TPSA) is 104 Å². The molecule has 6 rings (SSSR count). The molecule has 200 valence electrons. The van der Waals surface area contributed by atoms with Gasteiger partial charge < -0.3 is 33.7 Å². The van der Waals surface area contributed by atoms with Gasteiger partial charge in [0.2, 0.25) is 11.7 Å². The number of amides is 1. The number of phenolic OH excluding ortho intramolecular Hbond substituents is 1. The predicted molar refractivity (Wildman–Crippen MR) is 135 cm³/mol. The number of carbonyl (C=O) groups is 2. The van der Waals surface area contributed by atoms with Gasteiger partial charge in [-0.15, -0.1) is 0 Å². The Labute approximate surface area is 220 Å². The summed E-state index contributed by atoms with van der Waals surface area (Å²) in [6, 6.07) is 13.0. The first-order chi connectivity index (χ1) is 18.3. The van der Waals surface area contributed by atoms with Gasteiger partial charge in [0.15, 0.2) is 17.6 Å². The van der Waals surface area contributed by atoms with Crippen LogP contribution < -0.4 is 4.74 Å². The van der Waals surface area contributed by atoms with Crippen LogP contribution in [0.15, 0.2) is 48.5 Å². The Morgan fingerprint density at radius 3 is 2.58 bits per heavy atom. The predicted octanol–water partition coefficient (Wildman–Crippen LogP) is 3.10. The summed E-state index contributed by atoms with van der Waals surface area (Å²) in [6.45, 7) is 0. The monoisotopic (exact) mass is 521 g/mol. The summed E-state index contributed by atoms with van der Waals surface area (Å²) in [4.78, 5) is 28.3. The van der Waals surface area contributed by atoms with E-state index < -0.39 is 41.0 Å². The summed E-state index contributed by atoms with van der Waals surface area (Å²) in [7, 11) is 6.27. The van der Waals surface area contributed by atoms with Crippen molar-refractivity contribution in [3.05, 3.63) is 65.2 Å². The van der Waals surface area contributed by atoms with E-state index >= 15 is 0 Å². The van der Waals surface area contributed by atoms with Gasteiger partial charge >= 0.3 is 5.97 Å². The summed E-state index contributed by atoms with van der Waals surface area (Å²) in [5, 5.41) is 11.5. The SMILES string of the molecule is COc1ccc2c(c1O)[C@@]13CC(=O)N(C)[C@@]14C[C@@H]2O[C@@]4(OC)[C@@H](OC)[C@@H](OC(=O)/C=C/c1ccccc1)C3. The van der Waals surface area contributed by atoms with Crippen LogP contribution in [0.5, 0.6) is 11.5 Å². The number of likely N-dealkylation sites (N-methyl/N-ethyl adjacent to an activating group) is 1. The number of benzene rings is 2. The zero-order valence-corrected chi connectivity index (χ0v) is 21.8.